The number of aromatic nitrogens is 2. The lowest BCUT2D eigenvalue weighted by Gasteiger charge is -2.17. The standard InChI is InChI=1S/C14H16N2O4S/c1-3-16-10(4-6-20-2)11(14(18)19)13(17)15-12(16)9-5-7-21-8-9/h5,7-8H,3-4,6H2,1-2H3,(H,18,19). The van der Waals surface area contributed by atoms with E-state index in [1.165, 1.54) is 18.4 Å². The van der Waals surface area contributed by atoms with Crippen molar-refractivity contribution in [1.82, 2.24) is 9.55 Å². The Morgan fingerprint density at radius 3 is 2.81 bits per heavy atom. The van der Waals surface area contributed by atoms with Crippen LogP contribution in [0.3, 0.4) is 0 Å². The van der Waals surface area contributed by atoms with Crippen LogP contribution < -0.4 is 5.56 Å². The van der Waals surface area contributed by atoms with Gasteiger partial charge in [0.2, 0.25) is 0 Å². The molecule has 0 bridgehead atoms. The highest BCUT2D eigenvalue weighted by Crippen LogP contribution is 2.22. The zero-order valence-electron chi connectivity index (χ0n) is 11.8. The second-order valence-electron chi connectivity index (χ2n) is 4.37. The number of carboxylic acid groups (broad SMARTS) is 1. The minimum Gasteiger partial charge on any atom is -0.477 e. The Kier molecular flexibility index (Phi) is 4.87. The topological polar surface area (TPSA) is 81.4 Å². The lowest BCUT2D eigenvalue weighted by molar-refractivity contribution is 0.0691. The van der Waals surface area contributed by atoms with Crippen molar-refractivity contribution >= 4 is 17.3 Å². The van der Waals surface area contributed by atoms with E-state index in [4.69, 9.17) is 4.74 Å². The van der Waals surface area contributed by atoms with Crippen LogP contribution >= 0.6 is 11.3 Å². The van der Waals surface area contributed by atoms with Crippen LogP contribution in [0.2, 0.25) is 0 Å². The lowest BCUT2D eigenvalue weighted by atomic mass is 10.1. The minimum atomic E-state index is -1.25. The molecular weight excluding hydrogens is 292 g/mol. The van der Waals surface area contributed by atoms with E-state index in [0.29, 0.717) is 31.1 Å². The molecule has 2 heterocycles. The Morgan fingerprint density at radius 2 is 2.29 bits per heavy atom. The summed E-state index contributed by atoms with van der Waals surface area (Å²) in [6, 6.07) is 1.86. The van der Waals surface area contributed by atoms with Gasteiger partial charge >= 0.3 is 5.97 Å². The molecule has 0 radical (unpaired) electrons. The number of carbonyl (C=O) groups is 1. The van der Waals surface area contributed by atoms with Gasteiger partial charge in [-0.1, -0.05) is 0 Å². The Balaban J connectivity index is 2.72. The third kappa shape index (κ3) is 3.03. The average Bonchev–Trinajstić information content (AvgIpc) is 2.97. The molecule has 0 saturated carbocycles. The summed E-state index contributed by atoms with van der Waals surface area (Å²) in [5, 5.41) is 13.1. The number of thiophene rings is 1. The van der Waals surface area contributed by atoms with Gasteiger partial charge in [-0.15, -0.1) is 0 Å². The molecule has 7 heteroatoms. The van der Waals surface area contributed by atoms with Gasteiger partial charge in [0.1, 0.15) is 11.4 Å². The largest absolute Gasteiger partial charge is 0.477 e. The number of hydrogen-bond acceptors (Lipinski definition) is 5. The zero-order chi connectivity index (χ0) is 15.4. The van der Waals surface area contributed by atoms with Gasteiger partial charge in [-0.05, 0) is 18.4 Å². The molecule has 0 aromatic carbocycles. The number of methoxy groups -OCH3 is 1. The predicted octanol–water partition coefficient (Wildman–Crippen LogP) is 1.88. The van der Waals surface area contributed by atoms with E-state index in [2.05, 4.69) is 4.98 Å². The molecule has 0 fully saturated rings. The van der Waals surface area contributed by atoms with Gasteiger partial charge in [0.05, 0.1) is 6.61 Å². The first-order valence-electron chi connectivity index (χ1n) is 6.48. The Morgan fingerprint density at radius 1 is 1.52 bits per heavy atom. The summed E-state index contributed by atoms with van der Waals surface area (Å²) in [4.78, 5) is 27.4. The van der Waals surface area contributed by atoms with Gasteiger partial charge in [0.15, 0.2) is 0 Å². The first-order valence-corrected chi connectivity index (χ1v) is 7.42. The third-order valence-electron chi connectivity index (χ3n) is 3.14. The summed E-state index contributed by atoms with van der Waals surface area (Å²) in [7, 11) is 1.54. The number of nitrogens with zero attached hydrogens (tertiary/aromatic N) is 2. The molecule has 0 unspecified atom stereocenters. The van der Waals surface area contributed by atoms with Crippen molar-refractivity contribution in [3.8, 4) is 11.4 Å². The molecule has 112 valence electrons. The number of ether oxygens (including phenoxy) is 1. The molecule has 0 amide bonds. The summed E-state index contributed by atoms with van der Waals surface area (Å²) in [6.45, 7) is 2.76. The van der Waals surface area contributed by atoms with Crippen molar-refractivity contribution in [3.05, 3.63) is 38.4 Å². The number of hydrogen-bond donors (Lipinski definition) is 1. The Labute approximate surface area is 125 Å². The molecule has 0 spiro atoms. The van der Waals surface area contributed by atoms with E-state index < -0.39 is 11.5 Å². The molecule has 2 aromatic heterocycles. The molecule has 6 nitrogen and oxygen atoms in total. The van der Waals surface area contributed by atoms with Crippen LogP contribution in [0.5, 0.6) is 0 Å². The van der Waals surface area contributed by atoms with Crippen molar-refractivity contribution in [2.24, 2.45) is 0 Å². The van der Waals surface area contributed by atoms with Gasteiger partial charge < -0.3 is 14.4 Å². The zero-order valence-corrected chi connectivity index (χ0v) is 12.6. The summed E-state index contributed by atoms with van der Waals surface area (Å²) >= 11 is 1.50. The van der Waals surface area contributed by atoms with E-state index in [1.807, 2.05) is 23.8 Å². The van der Waals surface area contributed by atoms with E-state index in [1.54, 1.807) is 4.57 Å². The van der Waals surface area contributed by atoms with Gasteiger partial charge in [-0.25, -0.2) is 4.79 Å². The van der Waals surface area contributed by atoms with Crippen molar-refractivity contribution in [1.29, 1.82) is 0 Å². The van der Waals surface area contributed by atoms with E-state index in [-0.39, 0.29) is 5.56 Å². The highest BCUT2D eigenvalue weighted by Gasteiger charge is 2.22. The quantitative estimate of drug-likeness (QED) is 0.881. The highest BCUT2D eigenvalue weighted by atomic mass is 32.1. The smallest absolute Gasteiger partial charge is 0.343 e. The minimum absolute atomic E-state index is 0.270. The fourth-order valence-corrected chi connectivity index (χ4v) is 2.86. The fourth-order valence-electron chi connectivity index (χ4n) is 2.22. The normalized spacial score (nSPS) is 10.8. The maximum absolute atomic E-state index is 12.1. The number of aromatic carboxylic acids is 1. The SMILES string of the molecule is CCn1c(-c2ccsc2)nc(=O)c(C(=O)O)c1CCOC. The molecule has 0 atom stereocenters. The molecule has 0 saturated heterocycles. The van der Waals surface area contributed by atoms with Crippen LogP contribution in [0, 0.1) is 0 Å². The first kappa shape index (κ1) is 15.4. The van der Waals surface area contributed by atoms with Crippen LogP contribution in [0.1, 0.15) is 23.0 Å². The second-order valence-corrected chi connectivity index (χ2v) is 5.15. The molecule has 1 N–H and O–H groups in total. The molecular formula is C14H16N2O4S. The maximum atomic E-state index is 12.1. The summed E-state index contributed by atoms with van der Waals surface area (Å²) in [6.07, 6.45) is 0.348. The van der Waals surface area contributed by atoms with Crippen molar-refractivity contribution < 1.29 is 14.6 Å². The van der Waals surface area contributed by atoms with Gasteiger partial charge in [-0.3, -0.25) is 4.79 Å². The summed E-state index contributed by atoms with van der Waals surface area (Å²) in [5.41, 5.74) is 0.287. The van der Waals surface area contributed by atoms with E-state index in [0.717, 1.165) is 5.56 Å². The molecule has 2 rings (SSSR count). The Bertz CT molecular complexity index is 692. The van der Waals surface area contributed by atoms with Gasteiger partial charge in [0, 0.05) is 36.7 Å². The molecule has 2 aromatic rings. The number of rotatable bonds is 6. The molecule has 21 heavy (non-hydrogen) atoms. The van der Waals surface area contributed by atoms with Gasteiger partial charge in [-0.2, -0.15) is 16.3 Å². The monoisotopic (exact) mass is 308 g/mol. The van der Waals surface area contributed by atoms with E-state index >= 15 is 0 Å². The van der Waals surface area contributed by atoms with Crippen LogP contribution in [0.25, 0.3) is 11.4 Å². The average molecular weight is 308 g/mol. The van der Waals surface area contributed by atoms with Crippen molar-refractivity contribution in [2.75, 3.05) is 13.7 Å². The third-order valence-corrected chi connectivity index (χ3v) is 3.83. The van der Waals surface area contributed by atoms with Crippen LogP contribution in [0.4, 0.5) is 0 Å². The molecule has 0 aliphatic carbocycles. The predicted molar refractivity (Wildman–Crippen MR) is 80.0 cm³/mol. The van der Waals surface area contributed by atoms with Gasteiger partial charge in [0.25, 0.3) is 5.56 Å². The van der Waals surface area contributed by atoms with Crippen LogP contribution in [0.15, 0.2) is 21.6 Å². The van der Waals surface area contributed by atoms with E-state index in [9.17, 15) is 14.7 Å². The summed E-state index contributed by atoms with van der Waals surface area (Å²) < 4.78 is 6.79. The maximum Gasteiger partial charge on any atom is 0.343 e. The fraction of sp³-hybridized carbons (Fsp3) is 0.357. The molecule has 0 aliphatic rings. The summed E-state index contributed by atoms with van der Waals surface area (Å²) in [5.74, 6) is -0.752. The van der Waals surface area contributed by atoms with Crippen molar-refractivity contribution in [3.63, 3.8) is 0 Å². The van der Waals surface area contributed by atoms with Crippen LogP contribution in [-0.2, 0) is 17.7 Å². The van der Waals surface area contributed by atoms with Crippen LogP contribution in [-0.4, -0.2) is 34.3 Å². The highest BCUT2D eigenvalue weighted by molar-refractivity contribution is 7.08. The number of carboxylic acids is 1. The first-order chi connectivity index (χ1) is 10.1. The Hall–Kier alpha value is -1.99. The lowest BCUT2D eigenvalue weighted by Crippen LogP contribution is -2.28. The van der Waals surface area contributed by atoms with Crippen molar-refractivity contribution in [2.45, 2.75) is 19.9 Å². The molecule has 0 aliphatic heterocycles. The second kappa shape index (κ2) is 6.64.